The summed E-state index contributed by atoms with van der Waals surface area (Å²) in [4.78, 5) is 15.1. The van der Waals surface area contributed by atoms with Gasteiger partial charge in [-0.05, 0) is 28.1 Å². The number of carbonyl (C=O) groups is 1. The van der Waals surface area contributed by atoms with Crippen LogP contribution in [0.5, 0.6) is 0 Å². The van der Waals surface area contributed by atoms with Gasteiger partial charge in [0.1, 0.15) is 0 Å². The van der Waals surface area contributed by atoms with Crippen molar-refractivity contribution in [2.24, 2.45) is 5.73 Å². The lowest BCUT2D eigenvalue weighted by Crippen LogP contribution is -2.14. The van der Waals surface area contributed by atoms with Crippen molar-refractivity contribution in [3.8, 4) is 5.82 Å². The van der Waals surface area contributed by atoms with E-state index in [1.54, 1.807) is 12.3 Å². The lowest BCUT2D eigenvalue weighted by Gasteiger charge is -2.01. The molecule has 6 nitrogen and oxygen atoms in total. The molecule has 2 aromatic heterocycles. The van der Waals surface area contributed by atoms with E-state index in [0.29, 0.717) is 5.82 Å². The van der Waals surface area contributed by atoms with E-state index in [2.05, 4.69) is 26.0 Å². The van der Waals surface area contributed by atoms with Crippen molar-refractivity contribution < 1.29 is 4.79 Å². The van der Waals surface area contributed by atoms with Crippen LogP contribution in [0, 0.1) is 0 Å². The number of hydrogen-bond acceptors (Lipinski definition) is 4. The molecule has 2 heterocycles. The quantitative estimate of drug-likeness (QED) is 0.847. The molecule has 0 saturated heterocycles. The minimum absolute atomic E-state index is 0.0394. The Morgan fingerprint density at radius 2 is 2.25 bits per heavy atom. The van der Waals surface area contributed by atoms with E-state index in [4.69, 9.17) is 11.5 Å². The van der Waals surface area contributed by atoms with E-state index in [0.717, 1.165) is 4.47 Å². The highest BCUT2D eigenvalue weighted by molar-refractivity contribution is 9.10. The number of nitrogen functional groups attached to an aromatic ring is 1. The number of rotatable bonds is 2. The number of amides is 1. The highest BCUT2D eigenvalue weighted by Gasteiger charge is 2.13. The first-order valence-corrected chi connectivity index (χ1v) is 5.14. The van der Waals surface area contributed by atoms with Gasteiger partial charge in [-0.2, -0.15) is 5.10 Å². The molecule has 0 unspecified atom stereocenters. The number of aromatic nitrogens is 3. The molecule has 0 aromatic carbocycles. The fraction of sp³-hybridized carbons (Fsp3) is 0. The molecule has 4 N–H and O–H groups in total. The zero-order valence-electron chi connectivity index (χ0n) is 8.09. The Kier molecular flexibility index (Phi) is 2.61. The van der Waals surface area contributed by atoms with Gasteiger partial charge < -0.3 is 11.5 Å². The minimum atomic E-state index is -0.664. The number of carbonyl (C=O) groups excluding carboxylic acids is 1. The fourth-order valence-corrected chi connectivity index (χ4v) is 1.67. The number of pyridine rings is 1. The third-order valence-electron chi connectivity index (χ3n) is 1.93. The van der Waals surface area contributed by atoms with Gasteiger partial charge >= 0.3 is 0 Å². The van der Waals surface area contributed by atoms with Crippen LogP contribution in [0.3, 0.4) is 0 Å². The first-order valence-electron chi connectivity index (χ1n) is 4.35. The molecule has 2 rings (SSSR count). The second kappa shape index (κ2) is 3.93. The molecule has 2 aromatic rings. The lowest BCUT2D eigenvalue weighted by atomic mass is 10.4. The molecule has 1 amide bonds. The summed E-state index contributed by atoms with van der Waals surface area (Å²) in [5.41, 5.74) is 11.0. The van der Waals surface area contributed by atoms with Crippen molar-refractivity contribution in [2.75, 3.05) is 5.73 Å². The smallest absolute Gasteiger partial charge is 0.271 e. The van der Waals surface area contributed by atoms with Crippen LogP contribution in [0.4, 0.5) is 5.69 Å². The van der Waals surface area contributed by atoms with Crippen LogP contribution >= 0.6 is 15.9 Å². The molecule has 16 heavy (non-hydrogen) atoms. The average Bonchev–Trinajstić information content (AvgIpc) is 2.61. The predicted molar refractivity (Wildman–Crippen MR) is 62.0 cm³/mol. The molecule has 7 heteroatoms. The molecule has 0 radical (unpaired) electrons. The maximum Gasteiger partial charge on any atom is 0.271 e. The summed E-state index contributed by atoms with van der Waals surface area (Å²) in [6.45, 7) is 0. The summed E-state index contributed by atoms with van der Waals surface area (Å²) in [5, 5.41) is 3.96. The minimum Gasteiger partial charge on any atom is -0.396 e. The van der Waals surface area contributed by atoms with Crippen LogP contribution in [0.15, 0.2) is 29.0 Å². The van der Waals surface area contributed by atoms with Gasteiger partial charge in [0.25, 0.3) is 5.91 Å². The normalized spacial score (nSPS) is 10.3. The van der Waals surface area contributed by atoms with Gasteiger partial charge in [-0.25, -0.2) is 9.67 Å². The van der Waals surface area contributed by atoms with Gasteiger partial charge in [0.2, 0.25) is 0 Å². The van der Waals surface area contributed by atoms with Crippen LogP contribution in [0.1, 0.15) is 10.5 Å². The van der Waals surface area contributed by atoms with E-state index in [-0.39, 0.29) is 11.4 Å². The largest absolute Gasteiger partial charge is 0.396 e. The average molecular weight is 282 g/mol. The summed E-state index contributed by atoms with van der Waals surface area (Å²) in [7, 11) is 0. The standard InChI is InChI=1S/C9H8BrN5O/c10-5-2-1-3-13-9(5)15-4-6(11)7(14-15)8(12)16/h1-4H,11H2,(H2,12,16). The van der Waals surface area contributed by atoms with Crippen molar-refractivity contribution in [2.45, 2.75) is 0 Å². The SMILES string of the molecule is NC(=O)c1nn(-c2ncccc2Br)cc1N. The Morgan fingerprint density at radius 3 is 2.81 bits per heavy atom. The Hall–Kier alpha value is -1.89. The number of hydrogen-bond donors (Lipinski definition) is 2. The van der Waals surface area contributed by atoms with E-state index in [1.165, 1.54) is 10.9 Å². The summed E-state index contributed by atoms with van der Waals surface area (Å²) in [6.07, 6.45) is 3.11. The monoisotopic (exact) mass is 281 g/mol. The maximum atomic E-state index is 11.0. The van der Waals surface area contributed by atoms with E-state index in [9.17, 15) is 4.79 Å². The second-order valence-electron chi connectivity index (χ2n) is 3.05. The van der Waals surface area contributed by atoms with Crippen molar-refractivity contribution in [1.82, 2.24) is 14.8 Å². The molecule has 0 aliphatic carbocycles. The number of nitrogens with zero attached hydrogens (tertiary/aromatic N) is 3. The Labute approximate surface area is 99.4 Å². The van der Waals surface area contributed by atoms with Crippen LogP contribution in [0.25, 0.3) is 5.82 Å². The Balaban J connectivity index is 2.54. The van der Waals surface area contributed by atoms with Gasteiger partial charge in [0.05, 0.1) is 16.4 Å². The van der Waals surface area contributed by atoms with Crippen LogP contribution < -0.4 is 11.5 Å². The van der Waals surface area contributed by atoms with Gasteiger partial charge in [0.15, 0.2) is 11.5 Å². The lowest BCUT2D eigenvalue weighted by molar-refractivity contribution is 0.0996. The van der Waals surface area contributed by atoms with Crippen LogP contribution in [-0.4, -0.2) is 20.7 Å². The fourth-order valence-electron chi connectivity index (χ4n) is 1.23. The van der Waals surface area contributed by atoms with E-state index >= 15 is 0 Å². The molecule has 0 fully saturated rings. The zero-order chi connectivity index (χ0) is 11.7. The second-order valence-corrected chi connectivity index (χ2v) is 3.91. The van der Waals surface area contributed by atoms with Gasteiger partial charge in [-0.3, -0.25) is 4.79 Å². The van der Waals surface area contributed by atoms with E-state index < -0.39 is 5.91 Å². The van der Waals surface area contributed by atoms with Crippen molar-refractivity contribution >= 4 is 27.5 Å². The Bertz CT molecular complexity index is 551. The highest BCUT2D eigenvalue weighted by Crippen LogP contribution is 2.19. The first-order chi connectivity index (χ1) is 7.59. The maximum absolute atomic E-state index is 11.0. The van der Waals surface area contributed by atoms with E-state index in [1.807, 2.05) is 6.07 Å². The summed E-state index contributed by atoms with van der Waals surface area (Å²) in [5.74, 6) is -0.120. The number of primary amides is 1. The third-order valence-corrected chi connectivity index (χ3v) is 2.55. The topological polar surface area (TPSA) is 99.8 Å². The summed E-state index contributed by atoms with van der Waals surface area (Å²) < 4.78 is 2.15. The van der Waals surface area contributed by atoms with Crippen LogP contribution in [-0.2, 0) is 0 Å². The number of anilines is 1. The zero-order valence-corrected chi connectivity index (χ0v) is 9.68. The molecule has 0 aliphatic heterocycles. The van der Waals surface area contributed by atoms with Crippen molar-refractivity contribution in [3.63, 3.8) is 0 Å². The van der Waals surface area contributed by atoms with Crippen molar-refractivity contribution in [3.05, 3.63) is 34.7 Å². The Morgan fingerprint density at radius 1 is 1.50 bits per heavy atom. The van der Waals surface area contributed by atoms with Gasteiger partial charge in [-0.15, -0.1) is 0 Å². The van der Waals surface area contributed by atoms with Crippen molar-refractivity contribution in [1.29, 1.82) is 0 Å². The molecular formula is C9H8BrN5O. The molecule has 0 aliphatic rings. The highest BCUT2D eigenvalue weighted by atomic mass is 79.9. The predicted octanol–water partition coefficient (Wildman–Crippen LogP) is 0.711. The molecule has 0 saturated carbocycles. The summed E-state index contributed by atoms with van der Waals surface area (Å²) >= 11 is 3.32. The molecule has 0 atom stereocenters. The third kappa shape index (κ3) is 1.76. The number of nitrogens with two attached hydrogens (primary N) is 2. The molecule has 0 spiro atoms. The van der Waals surface area contributed by atoms with Gasteiger partial charge in [0, 0.05) is 6.20 Å². The molecular weight excluding hydrogens is 274 g/mol. The number of halogens is 1. The van der Waals surface area contributed by atoms with Crippen LogP contribution in [0.2, 0.25) is 0 Å². The molecule has 82 valence electrons. The molecule has 0 bridgehead atoms. The first kappa shape index (κ1) is 10.6. The summed E-state index contributed by atoms with van der Waals surface area (Å²) in [6, 6.07) is 3.58. The van der Waals surface area contributed by atoms with Gasteiger partial charge in [-0.1, -0.05) is 0 Å².